The van der Waals surface area contributed by atoms with Gasteiger partial charge in [-0.1, -0.05) is 29.8 Å². The van der Waals surface area contributed by atoms with Gasteiger partial charge in [0.05, 0.1) is 11.3 Å². The monoisotopic (exact) mass is 514 g/mol. The third-order valence-electron chi connectivity index (χ3n) is 6.09. The van der Waals surface area contributed by atoms with Crippen molar-refractivity contribution in [3.8, 4) is 0 Å². The summed E-state index contributed by atoms with van der Waals surface area (Å²) in [6, 6.07) is 16.3. The summed E-state index contributed by atoms with van der Waals surface area (Å²) in [5.41, 5.74) is 2.77. The van der Waals surface area contributed by atoms with Crippen molar-refractivity contribution in [3.63, 3.8) is 0 Å². The van der Waals surface area contributed by atoms with Crippen LogP contribution in [0, 0.1) is 0 Å². The van der Waals surface area contributed by atoms with E-state index in [9.17, 15) is 14.4 Å². The molecule has 1 atom stereocenters. The molecule has 3 amide bonds. The van der Waals surface area contributed by atoms with Crippen molar-refractivity contribution in [1.29, 1.82) is 0 Å². The lowest BCUT2D eigenvalue weighted by atomic mass is 10.0. The summed E-state index contributed by atoms with van der Waals surface area (Å²) in [6.45, 7) is 0.168. The summed E-state index contributed by atoms with van der Waals surface area (Å²) in [6.07, 6.45) is 5.36. The number of hydrogen-bond acceptors (Lipinski definition) is 5. The Morgan fingerprint density at radius 2 is 1.89 bits per heavy atom. The molecule has 0 fully saturated rings. The molecule has 2 aromatic carbocycles. The van der Waals surface area contributed by atoms with E-state index >= 15 is 0 Å². The molecular weight excluding hydrogens is 492 g/mol. The van der Waals surface area contributed by atoms with Gasteiger partial charge in [-0.05, 0) is 47.5 Å². The molecule has 2 aromatic heterocycles. The molecule has 0 radical (unpaired) electrons. The van der Waals surface area contributed by atoms with E-state index in [1.807, 2.05) is 6.07 Å². The van der Waals surface area contributed by atoms with E-state index < -0.39 is 6.04 Å². The number of halogens is 1. The van der Waals surface area contributed by atoms with Crippen molar-refractivity contribution >= 4 is 40.8 Å². The quantitative estimate of drug-likeness (QED) is 0.405. The van der Waals surface area contributed by atoms with Gasteiger partial charge in [-0.2, -0.15) is 5.10 Å². The van der Waals surface area contributed by atoms with Gasteiger partial charge in [-0.3, -0.25) is 24.0 Å². The second-order valence-electron chi connectivity index (χ2n) is 8.72. The lowest BCUT2D eigenvalue weighted by Crippen LogP contribution is -2.46. The van der Waals surface area contributed by atoms with Gasteiger partial charge in [0.1, 0.15) is 6.04 Å². The molecule has 0 bridgehead atoms. The van der Waals surface area contributed by atoms with Crippen LogP contribution in [0.4, 0.5) is 11.5 Å². The molecule has 1 aliphatic heterocycles. The Morgan fingerprint density at radius 3 is 2.59 bits per heavy atom. The molecular formula is C27H23ClN6O3. The van der Waals surface area contributed by atoms with Crippen LogP contribution in [0.2, 0.25) is 5.02 Å². The highest BCUT2D eigenvalue weighted by atomic mass is 35.5. The summed E-state index contributed by atoms with van der Waals surface area (Å²) >= 11 is 6.13. The maximum Gasteiger partial charge on any atom is 0.256 e. The molecule has 0 spiro atoms. The molecule has 0 saturated heterocycles. The van der Waals surface area contributed by atoms with Crippen LogP contribution in [-0.4, -0.2) is 43.4 Å². The molecule has 5 rings (SSSR count). The molecule has 0 saturated carbocycles. The first-order chi connectivity index (χ1) is 17.9. The Hall–Kier alpha value is -4.50. The third kappa shape index (κ3) is 5.36. The van der Waals surface area contributed by atoms with Crippen molar-refractivity contribution in [2.45, 2.75) is 19.0 Å². The van der Waals surface area contributed by atoms with E-state index in [2.05, 4.69) is 20.7 Å². The van der Waals surface area contributed by atoms with Gasteiger partial charge in [-0.15, -0.1) is 0 Å². The number of nitrogens with zero attached hydrogens (tertiary/aromatic N) is 4. The van der Waals surface area contributed by atoms with Gasteiger partial charge in [0, 0.05) is 55.3 Å². The lowest BCUT2D eigenvalue weighted by Gasteiger charge is -2.29. The molecule has 2 N–H and O–H groups in total. The first-order valence-corrected chi connectivity index (χ1v) is 12.0. The number of fused-ring (bicyclic) bond motifs is 1. The van der Waals surface area contributed by atoms with Crippen LogP contribution in [0.1, 0.15) is 31.8 Å². The third-order valence-corrected chi connectivity index (χ3v) is 6.32. The highest BCUT2D eigenvalue weighted by Crippen LogP contribution is 2.29. The normalized spacial score (nSPS) is 15.1. The number of aryl methyl sites for hydroxylation is 1. The number of carbonyl (C=O) groups is 3. The van der Waals surface area contributed by atoms with E-state index in [1.54, 1.807) is 89.8 Å². The second-order valence-corrected chi connectivity index (χ2v) is 9.16. The fourth-order valence-electron chi connectivity index (χ4n) is 4.22. The average molecular weight is 515 g/mol. The molecule has 3 heterocycles. The number of nitrogens with one attached hydrogen (secondary N) is 2. The summed E-state index contributed by atoms with van der Waals surface area (Å²) in [7, 11) is 1.77. The van der Waals surface area contributed by atoms with E-state index in [4.69, 9.17) is 11.6 Å². The molecule has 37 heavy (non-hydrogen) atoms. The van der Waals surface area contributed by atoms with Crippen LogP contribution in [0.5, 0.6) is 0 Å². The summed E-state index contributed by atoms with van der Waals surface area (Å²) in [5, 5.41) is 10.2. The van der Waals surface area contributed by atoms with Crippen LogP contribution in [0.15, 0.2) is 79.3 Å². The Kier molecular flexibility index (Phi) is 6.70. The second kappa shape index (κ2) is 10.2. The van der Waals surface area contributed by atoms with Gasteiger partial charge < -0.3 is 15.5 Å². The van der Waals surface area contributed by atoms with E-state index in [0.717, 1.165) is 11.1 Å². The zero-order chi connectivity index (χ0) is 25.9. The van der Waals surface area contributed by atoms with Gasteiger partial charge in [0.15, 0.2) is 5.82 Å². The van der Waals surface area contributed by atoms with Crippen LogP contribution >= 0.6 is 11.6 Å². The molecule has 0 aliphatic carbocycles. The Labute approximate surface area is 218 Å². The van der Waals surface area contributed by atoms with Gasteiger partial charge in [0.25, 0.3) is 11.8 Å². The number of carbonyl (C=O) groups excluding carboxylic acids is 3. The highest BCUT2D eigenvalue weighted by molar-refractivity contribution is 6.31. The van der Waals surface area contributed by atoms with Crippen molar-refractivity contribution in [3.05, 3.63) is 107 Å². The van der Waals surface area contributed by atoms with E-state index in [0.29, 0.717) is 27.7 Å². The molecule has 1 unspecified atom stereocenters. The van der Waals surface area contributed by atoms with Crippen LogP contribution in [0.3, 0.4) is 0 Å². The average Bonchev–Trinajstić information content (AvgIpc) is 3.27. The maximum absolute atomic E-state index is 13.7. The Morgan fingerprint density at radius 1 is 1.08 bits per heavy atom. The van der Waals surface area contributed by atoms with E-state index in [-0.39, 0.29) is 30.7 Å². The standard InChI is InChI=1S/C27H23ClN6O3/c1-33-12-10-24(32-33)31-25(35)19-6-4-17(5-7-19)16-34-23(13-18-3-2-11-29-15-18)26(36)30-22-14-20(28)8-9-21(22)27(34)37/h2-12,14-15,23H,13,16H2,1H3,(H,30,36)(H,31,32,35). The molecule has 186 valence electrons. The topological polar surface area (TPSA) is 109 Å². The zero-order valence-corrected chi connectivity index (χ0v) is 20.6. The minimum absolute atomic E-state index is 0.168. The Balaban J connectivity index is 1.42. The van der Waals surface area contributed by atoms with Crippen LogP contribution in [-0.2, 0) is 24.8 Å². The van der Waals surface area contributed by atoms with Crippen molar-refractivity contribution < 1.29 is 14.4 Å². The number of pyridine rings is 1. The van der Waals surface area contributed by atoms with Gasteiger partial charge in [-0.25, -0.2) is 0 Å². The van der Waals surface area contributed by atoms with Gasteiger partial charge >= 0.3 is 0 Å². The van der Waals surface area contributed by atoms with Crippen LogP contribution < -0.4 is 10.6 Å². The first kappa shape index (κ1) is 24.2. The van der Waals surface area contributed by atoms with Crippen molar-refractivity contribution in [1.82, 2.24) is 19.7 Å². The first-order valence-electron chi connectivity index (χ1n) is 11.6. The SMILES string of the molecule is Cn1ccc(NC(=O)c2ccc(CN3C(=O)c4ccc(Cl)cc4NC(=O)C3Cc3cccnc3)cc2)n1. The van der Waals surface area contributed by atoms with Gasteiger partial charge in [0.2, 0.25) is 5.91 Å². The number of aromatic nitrogens is 3. The number of rotatable bonds is 6. The fraction of sp³-hybridized carbons (Fsp3) is 0.148. The number of anilines is 2. The zero-order valence-electron chi connectivity index (χ0n) is 19.9. The predicted molar refractivity (Wildman–Crippen MR) is 139 cm³/mol. The summed E-state index contributed by atoms with van der Waals surface area (Å²) in [4.78, 5) is 45.3. The summed E-state index contributed by atoms with van der Waals surface area (Å²) < 4.78 is 1.60. The summed E-state index contributed by atoms with van der Waals surface area (Å²) in [5.74, 6) is -0.453. The van der Waals surface area contributed by atoms with Crippen molar-refractivity contribution in [2.75, 3.05) is 10.6 Å². The maximum atomic E-state index is 13.7. The lowest BCUT2D eigenvalue weighted by molar-refractivity contribution is -0.120. The number of benzene rings is 2. The number of hydrogen-bond donors (Lipinski definition) is 2. The minimum Gasteiger partial charge on any atom is -0.323 e. The minimum atomic E-state index is -0.782. The molecule has 9 nitrogen and oxygen atoms in total. The van der Waals surface area contributed by atoms with Crippen LogP contribution in [0.25, 0.3) is 0 Å². The Bertz CT molecular complexity index is 1470. The molecule has 1 aliphatic rings. The largest absolute Gasteiger partial charge is 0.323 e. The smallest absolute Gasteiger partial charge is 0.256 e. The molecule has 10 heteroatoms. The van der Waals surface area contributed by atoms with E-state index in [1.165, 1.54) is 0 Å². The number of amides is 3. The predicted octanol–water partition coefficient (Wildman–Crippen LogP) is 3.93. The molecule has 4 aromatic rings. The highest BCUT2D eigenvalue weighted by Gasteiger charge is 2.35. The fourth-order valence-corrected chi connectivity index (χ4v) is 4.39. The van der Waals surface area contributed by atoms with Crippen molar-refractivity contribution in [2.24, 2.45) is 7.05 Å².